The molecule has 0 saturated carbocycles. The summed E-state index contributed by atoms with van der Waals surface area (Å²) in [5, 5.41) is 16.5. The molecule has 3 N–H and O–H groups in total. The zero-order chi connectivity index (χ0) is 7.49. The van der Waals surface area contributed by atoms with Crippen molar-refractivity contribution in [2.75, 3.05) is 6.61 Å². The van der Waals surface area contributed by atoms with Gasteiger partial charge in [-0.2, -0.15) is 8.42 Å². The van der Waals surface area contributed by atoms with Crippen LogP contribution in [0, 0.1) is 0 Å². The van der Waals surface area contributed by atoms with Crippen LogP contribution in [-0.4, -0.2) is 35.2 Å². The first-order valence-electron chi connectivity index (χ1n) is 2.23. The van der Waals surface area contributed by atoms with E-state index in [4.69, 9.17) is 14.8 Å². The fourth-order valence-electron chi connectivity index (χ4n) is 0.259. The Morgan fingerprint density at radius 1 is 1.44 bits per heavy atom. The van der Waals surface area contributed by atoms with Crippen molar-refractivity contribution in [3.63, 3.8) is 0 Å². The molecule has 9 heavy (non-hydrogen) atoms. The van der Waals surface area contributed by atoms with E-state index in [0.29, 0.717) is 0 Å². The zero-order valence-corrected chi connectivity index (χ0v) is 5.37. The van der Waals surface area contributed by atoms with Gasteiger partial charge in [0.2, 0.25) is 0 Å². The molecule has 0 spiro atoms. The monoisotopic (exact) mass is 156 g/mol. The Morgan fingerprint density at radius 3 is 2.00 bits per heavy atom. The van der Waals surface area contributed by atoms with Gasteiger partial charge in [0.05, 0.1) is 0 Å². The Bertz CT molecular complexity index is 159. The van der Waals surface area contributed by atoms with Gasteiger partial charge in [-0.3, -0.25) is 4.55 Å². The number of hydrogen-bond acceptors (Lipinski definition) is 4. The van der Waals surface area contributed by atoms with Gasteiger partial charge in [0.25, 0.3) is 10.1 Å². The third-order valence-electron chi connectivity index (χ3n) is 0.720. The van der Waals surface area contributed by atoms with Crippen molar-refractivity contribution in [2.45, 2.75) is 11.9 Å². The minimum absolute atomic E-state index is 0.362. The highest BCUT2D eigenvalue weighted by Gasteiger charge is 2.17. The average Bonchev–Trinajstić information content (AvgIpc) is 1.64. The van der Waals surface area contributed by atoms with Crippen LogP contribution in [0.3, 0.4) is 0 Å². The van der Waals surface area contributed by atoms with Gasteiger partial charge in [-0.05, 0) is 0 Å². The van der Waals surface area contributed by atoms with E-state index in [2.05, 4.69) is 0 Å². The fourth-order valence-corrected chi connectivity index (χ4v) is 0.663. The topological polar surface area (TPSA) is 94.8 Å². The first-order valence-corrected chi connectivity index (χ1v) is 3.74. The molecular formula is C3H8O5S. The third kappa shape index (κ3) is 3.41. The summed E-state index contributed by atoms with van der Waals surface area (Å²) in [4.78, 5) is 0. The summed E-state index contributed by atoms with van der Waals surface area (Å²) in [7, 11) is -4.37. The molecule has 0 amide bonds. The molecule has 5 nitrogen and oxygen atoms in total. The minimum atomic E-state index is -4.37. The fraction of sp³-hybridized carbons (Fsp3) is 1.00. The molecular weight excluding hydrogens is 148 g/mol. The van der Waals surface area contributed by atoms with Gasteiger partial charge in [-0.25, -0.2) is 0 Å². The van der Waals surface area contributed by atoms with Gasteiger partial charge >= 0.3 is 0 Å². The number of rotatable bonds is 3. The first-order chi connectivity index (χ1) is 3.98. The van der Waals surface area contributed by atoms with E-state index in [0.717, 1.165) is 0 Å². The van der Waals surface area contributed by atoms with E-state index in [1.165, 1.54) is 0 Å². The summed E-state index contributed by atoms with van der Waals surface area (Å²) in [5.41, 5.74) is -1.86. The molecule has 0 aromatic rings. The van der Waals surface area contributed by atoms with Gasteiger partial charge in [0.1, 0.15) is 0 Å². The average molecular weight is 156 g/mol. The van der Waals surface area contributed by atoms with Crippen molar-refractivity contribution in [3.05, 3.63) is 0 Å². The lowest BCUT2D eigenvalue weighted by Crippen LogP contribution is -2.20. The summed E-state index contributed by atoms with van der Waals surface area (Å²) in [6, 6.07) is 0. The molecule has 0 fully saturated rings. The minimum Gasteiger partial charge on any atom is -0.396 e. The van der Waals surface area contributed by atoms with Gasteiger partial charge in [0.15, 0.2) is 5.44 Å². The summed E-state index contributed by atoms with van der Waals surface area (Å²) in [6.07, 6.45) is -0.362. The first kappa shape index (κ1) is 8.83. The van der Waals surface area contributed by atoms with E-state index in [1.54, 1.807) is 0 Å². The normalized spacial score (nSPS) is 15.4. The summed E-state index contributed by atoms with van der Waals surface area (Å²) in [5.74, 6) is 0. The molecule has 1 unspecified atom stereocenters. The molecule has 56 valence electrons. The molecule has 0 aliphatic heterocycles. The number of aliphatic hydroxyl groups excluding tert-OH is 2. The van der Waals surface area contributed by atoms with Gasteiger partial charge in [-0.1, -0.05) is 0 Å². The molecule has 0 aromatic carbocycles. The largest absolute Gasteiger partial charge is 0.396 e. The molecule has 0 aliphatic carbocycles. The van der Waals surface area contributed by atoms with Crippen LogP contribution in [0.25, 0.3) is 0 Å². The molecule has 0 aliphatic rings. The lowest BCUT2D eigenvalue weighted by atomic mass is 10.5. The van der Waals surface area contributed by atoms with Crippen LogP contribution in [0.15, 0.2) is 0 Å². The zero-order valence-electron chi connectivity index (χ0n) is 4.56. The second-order valence-electron chi connectivity index (χ2n) is 1.48. The van der Waals surface area contributed by atoms with Crippen molar-refractivity contribution >= 4 is 10.1 Å². The molecule has 0 rings (SSSR count). The van der Waals surface area contributed by atoms with E-state index >= 15 is 0 Å². The Morgan fingerprint density at radius 2 is 1.89 bits per heavy atom. The summed E-state index contributed by atoms with van der Waals surface area (Å²) in [6.45, 7) is -0.471. The van der Waals surface area contributed by atoms with Crippen molar-refractivity contribution in [3.8, 4) is 0 Å². The maximum atomic E-state index is 9.92. The maximum Gasteiger partial charge on any atom is 0.292 e. The van der Waals surface area contributed by atoms with Crippen molar-refractivity contribution in [1.82, 2.24) is 0 Å². The molecule has 0 saturated heterocycles. The van der Waals surface area contributed by atoms with Crippen LogP contribution in [0.5, 0.6) is 0 Å². The Labute approximate surface area is 52.7 Å². The standard InChI is InChI=1S/C3H8O5S/c4-2-1-3(5)9(6,7)8/h3-5H,1-2H2,(H,6,7,8). The number of aliphatic hydroxyl groups is 2. The lowest BCUT2D eigenvalue weighted by molar-refractivity contribution is 0.181. The molecule has 0 radical (unpaired) electrons. The predicted molar refractivity (Wildman–Crippen MR) is 29.3 cm³/mol. The molecule has 1 atom stereocenters. The highest BCUT2D eigenvalue weighted by molar-refractivity contribution is 7.86. The second kappa shape index (κ2) is 3.11. The van der Waals surface area contributed by atoms with Crippen LogP contribution in [0.4, 0.5) is 0 Å². The van der Waals surface area contributed by atoms with Gasteiger partial charge in [-0.15, -0.1) is 0 Å². The lowest BCUT2D eigenvalue weighted by Gasteiger charge is -2.02. The molecule has 6 heteroatoms. The Balaban J connectivity index is 3.90. The smallest absolute Gasteiger partial charge is 0.292 e. The van der Waals surface area contributed by atoms with Crippen LogP contribution in [-0.2, 0) is 10.1 Å². The van der Waals surface area contributed by atoms with Crippen LogP contribution in [0.2, 0.25) is 0 Å². The second-order valence-corrected chi connectivity index (χ2v) is 3.06. The van der Waals surface area contributed by atoms with E-state index in [9.17, 15) is 8.42 Å². The molecule has 0 aromatic heterocycles. The van der Waals surface area contributed by atoms with Crippen LogP contribution in [0.1, 0.15) is 6.42 Å². The quantitative estimate of drug-likeness (QED) is 0.436. The third-order valence-corrected chi connectivity index (χ3v) is 1.64. The van der Waals surface area contributed by atoms with Gasteiger partial charge < -0.3 is 10.2 Å². The van der Waals surface area contributed by atoms with Crippen molar-refractivity contribution in [1.29, 1.82) is 0 Å². The highest BCUT2D eigenvalue weighted by Crippen LogP contribution is 1.97. The highest BCUT2D eigenvalue weighted by atomic mass is 32.2. The number of hydrogen-bond donors (Lipinski definition) is 3. The van der Waals surface area contributed by atoms with Crippen molar-refractivity contribution < 1.29 is 23.2 Å². The van der Waals surface area contributed by atoms with E-state index < -0.39 is 22.2 Å². The van der Waals surface area contributed by atoms with E-state index in [1.807, 2.05) is 0 Å². The summed E-state index contributed by atoms with van der Waals surface area (Å²) >= 11 is 0. The summed E-state index contributed by atoms with van der Waals surface area (Å²) < 4.78 is 27.9. The van der Waals surface area contributed by atoms with E-state index in [-0.39, 0.29) is 6.42 Å². The predicted octanol–water partition coefficient (Wildman–Crippen LogP) is -1.43. The Kier molecular flexibility index (Phi) is 3.06. The molecule has 0 bridgehead atoms. The molecule has 0 heterocycles. The maximum absolute atomic E-state index is 9.92. The van der Waals surface area contributed by atoms with Crippen molar-refractivity contribution in [2.24, 2.45) is 0 Å². The SMILES string of the molecule is O=S(=O)(O)C(O)CCO. The van der Waals surface area contributed by atoms with Crippen LogP contribution < -0.4 is 0 Å². The van der Waals surface area contributed by atoms with Gasteiger partial charge in [0, 0.05) is 13.0 Å². The van der Waals surface area contributed by atoms with Crippen LogP contribution >= 0.6 is 0 Å². The Hall–Kier alpha value is -0.170.